The average molecular weight is 286 g/mol. The third kappa shape index (κ3) is 4.55. The summed E-state index contributed by atoms with van der Waals surface area (Å²) in [5.74, 6) is 0.402. The van der Waals surface area contributed by atoms with Crippen LogP contribution in [0.5, 0.6) is 0 Å². The molecule has 1 aliphatic carbocycles. The number of hydrogen-bond acceptors (Lipinski definition) is 2. The molecule has 2 rings (SSSR count). The van der Waals surface area contributed by atoms with Crippen molar-refractivity contribution in [2.24, 2.45) is 10.9 Å². The molecule has 0 bridgehead atoms. The van der Waals surface area contributed by atoms with Crippen LogP contribution in [0.2, 0.25) is 0 Å². The van der Waals surface area contributed by atoms with Crippen LogP contribution >= 0.6 is 0 Å². The Morgan fingerprint density at radius 1 is 1.29 bits per heavy atom. The maximum absolute atomic E-state index is 13.0. The highest BCUT2D eigenvalue weighted by Crippen LogP contribution is 2.37. The molecule has 1 fully saturated rings. The molecule has 0 aliphatic heterocycles. The zero-order chi connectivity index (χ0) is 15.3. The van der Waals surface area contributed by atoms with Crippen LogP contribution in [0.15, 0.2) is 53.2 Å². The lowest BCUT2D eigenvalue weighted by molar-refractivity contribution is 0.628. The maximum atomic E-state index is 13.0. The molecule has 112 valence electrons. The number of allylic oxidation sites excluding steroid dienone is 3. The van der Waals surface area contributed by atoms with Gasteiger partial charge in [-0.2, -0.15) is 0 Å². The lowest BCUT2D eigenvalue weighted by atomic mass is 10.0. The highest BCUT2D eigenvalue weighted by atomic mass is 19.1. The molecule has 21 heavy (non-hydrogen) atoms. The van der Waals surface area contributed by atoms with Crippen molar-refractivity contribution >= 4 is 11.9 Å². The van der Waals surface area contributed by atoms with Gasteiger partial charge in [-0.3, -0.25) is 4.99 Å². The highest BCUT2D eigenvalue weighted by molar-refractivity contribution is 5.78. The number of hydrogen-bond donors (Lipinski definition) is 1. The summed E-state index contributed by atoms with van der Waals surface area (Å²) in [5.41, 5.74) is 1.64. The van der Waals surface area contributed by atoms with Crippen LogP contribution in [0.1, 0.15) is 33.6 Å². The minimum atomic E-state index is -0.393. The minimum absolute atomic E-state index is 0.230. The number of rotatable bonds is 6. The summed E-state index contributed by atoms with van der Waals surface area (Å²) in [5, 5.41) is 3.39. The Hall–Kier alpha value is -1.90. The zero-order valence-corrected chi connectivity index (χ0v) is 12.9. The number of halogens is 1. The van der Waals surface area contributed by atoms with Gasteiger partial charge in [0, 0.05) is 23.5 Å². The molecule has 1 aliphatic rings. The summed E-state index contributed by atoms with van der Waals surface area (Å²) in [4.78, 5) is 4.66. The molecule has 0 spiro atoms. The monoisotopic (exact) mass is 286 g/mol. The molecule has 3 heteroatoms. The fourth-order valence-electron chi connectivity index (χ4n) is 2.31. The lowest BCUT2D eigenvalue weighted by Crippen LogP contribution is -2.34. The molecule has 1 aromatic rings. The zero-order valence-electron chi connectivity index (χ0n) is 12.9. The fraction of sp³-hybridized carbons (Fsp3) is 0.389. The first kappa shape index (κ1) is 15.5. The van der Waals surface area contributed by atoms with Gasteiger partial charge in [-0.15, -0.1) is 0 Å². The van der Waals surface area contributed by atoms with Crippen LogP contribution in [-0.4, -0.2) is 11.8 Å². The van der Waals surface area contributed by atoms with Crippen molar-refractivity contribution in [3.05, 3.63) is 54.0 Å². The number of nitrogens with zero attached hydrogens (tertiary/aromatic N) is 1. The Bertz CT molecular complexity index is 553. The van der Waals surface area contributed by atoms with E-state index in [0.717, 1.165) is 11.4 Å². The van der Waals surface area contributed by atoms with Crippen molar-refractivity contribution < 1.29 is 4.39 Å². The van der Waals surface area contributed by atoms with E-state index in [4.69, 9.17) is 0 Å². The van der Waals surface area contributed by atoms with Gasteiger partial charge in [0.05, 0.1) is 5.54 Å². The smallest absolute Gasteiger partial charge is 0.123 e. The van der Waals surface area contributed by atoms with Gasteiger partial charge in [-0.25, -0.2) is 4.39 Å². The molecular formula is C18H23FN2. The molecule has 0 radical (unpaired) electrons. The van der Waals surface area contributed by atoms with Crippen LogP contribution in [-0.2, 0) is 0 Å². The van der Waals surface area contributed by atoms with Crippen molar-refractivity contribution in [2.75, 3.05) is 5.32 Å². The molecule has 0 saturated heterocycles. The van der Waals surface area contributed by atoms with Crippen LogP contribution in [0, 0.1) is 11.7 Å². The molecule has 1 atom stereocenters. The summed E-state index contributed by atoms with van der Waals surface area (Å²) in [6.07, 6.45) is 10.5. The van der Waals surface area contributed by atoms with Gasteiger partial charge in [0.15, 0.2) is 0 Å². The van der Waals surface area contributed by atoms with E-state index < -0.39 is 5.54 Å². The molecular weight excluding hydrogens is 263 g/mol. The second-order valence-electron chi connectivity index (χ2n) is 5.66. The number of benzene rings is 1. The summed E-state index contributed by atoms with van der Waals surface area (Å²) < 4.78 is 13.0. The van der Waals surface area contributed by atoms with E-state index in [1.165, 1.54) is 25.0 Å². The number of anilines is 1. The Balaban J connectivity index is 2.15. The van der Waals surface area contributed by atoms with Gasteiger partial charge in [0.25, 0.3) is 0 Å². The lowest BCUT2D eigenvalue weighted by Gasteiger charge is -2.24. The fourth-order valence-corrected chi connectivity index (χ4v) is 2.31. The molecule has 1 unspecified atom stereocenters. The van der Waals surface area contributed by atoms with Gasteiger partial charge >= 0.3 is 0 Å². The predicted molar refractivity (Wildman–Crippen MR) is 88.2 cm³/mol. The number of nitrogens with one attached hydrogen (secondary N) is 1. The predicted octanol–water partition coefficient (Wildman–Crippen LogP) is 4.96. The largest absolute Gasteiger partial charge is 0.372 e. The van der Waals surface area contributed by atoms with E-state index in [1.807, 2.05) is 26.1 Å². The molecule has 0 aromatic heterocycles. The summed E-state index contributed by atoms with van der Waals surface area (Å²) in [6, 6.07) is 6.39. The quantitative estimate of drug-likeness (QED) is 0.580. The van der Waals surface area contributed by atoms with Crippen LogP contribution in [0.25, 0.3) is 0 Å². The maximum Gasteiger partial charge on any atom is 0.123 e. The highest BCUT2D eigenvalue weighted by Gasteiger charge is 2.26. The van der Waals surface area contributed by atoms with Gasteiger partial charge < -0.3 is 5.32 Å². The third-order valence-corrected chi connectivity index (χ3v) is 3.54. The Morgan fingerprint density at radius 3 is 2.48 bits per heavy atom. The standard InChI is InChI=1S/C18H23FN2/c1-4-12-18(3,13-20-17(5-2)14-6-7-14)21-16-10-8-15(19)9-11-16/h4-5,8-14,21H,6-7H2,1-3H3/b12-4-,17-5-,20-13-. The summed E-state index contributed by atoms with van der Waals surface area (Å²) in [6.45, 7) is 6.07. The van der Waals surface area contributed by atoms with Gasteiger partial charge in [-0.1, -0.05) is 18.2 Å². The normalized spacial score (nSPS) is 19.1. The van der Waals surface area contributed by atoms with E-state index >= 15 is 0 Å². The van der Waals surface area contributed by atoms with E-state index in [1.54, 1.807) is 12.1 Å². The van der Waals surface area contributed by atoms with Crippen molar-refractivity contribution in [1.82, 2.24) is 0 Å². The first-order chi connectivity index (χ1) is 10.1. The molecule has 1 N–H and O–H groups in total. The minimum Gasteiger partial charge on any atom is -0.372 e. The molecule has 1 saturated carbocycles. The van der Waals surface area contributed by atoms with Crippen molar-refractivity contribution in [2.45, 2.75) is 39.2 Å². The van der Waals surface area contributed by atoms with Crippen LogP contribution < -0.4 is 5.32 Å². The second-order valence-corrected chi connectivity index (χ2v) is 5.66. The number of aliphatic imine (C=N–C) groups is 1. The first-order valence-corrected chi connectivity index (χ1v) is 7.45. The van der Waals surface area contributed by atoms with Crippen molar-refractivity contribution in [3.8, 4) is 0 Å². The first-order valence-electron chi connectivity index (χ1n) is 7.45. The van der Waals surface area contributed by atoms with Gasteiger partial charge in [0.1, 0.15) is 5.82 Å². The van der Waals surface area contributed by atoms with Crippen molar-refractivity contribution in [3.63, 3.8) is 0 Å². The summed E-state index contributed by atoms with van der Waals surface area (Å²) >= 11 is 0. The van der Waals surface area contributed by atoms with Crippen molar-refractivity contribution in [1.29, 1.82) is 0 Å². The Kier molecular flexibility index (Phi) is 4.94. The second kappa shape index (κ2) is 6.70. The van der Waals surface area contributed by atoms with E-state index in [0.29, 0.717) is 5.92 Å². The molecule has 1 aromatic carbocycles. The van der Waals surface area contributed by atoms with E-state index in [2.05, 4.69) is 29.4 Å². The topological polar surface area (TPSA) is 24.4 Å². The molecule has 2 nitrogen and oxygen atoms in total. The van der Waals surface area contributed by atoms with Crippen LogP contribution in [0.3, 0.4) is 0 Å². The van der Waals surface area contributed by atoms with Gasteiger partial charge in [-0.05, 0) is 57.9 Å². The third-order valence-electron chi connectivity index (χ3n) is 3.54. The summed E-state index contributed by atoms with van der Waals surface area (Å²) in [7, 11) is 0. The van der Waals surface area contributed by atoms with E-state index in [-0.39, 0.29) is 5.82 Å². The SMILES string of the molecule is C/C=C\C(C)(/C=N\C(=C/C)C1CC1)Nc1ccc(F)cc1. The van der Waals surface area contributed by atoms with E-state index in [9.17, 15) is 4.39 Å². The molecule has 0 amide bonds. The molecule has 0 heterocycles. The van der Waals surface area contributed by atoms with Gasteiger partial charge in [0.2, 0.25) is 0 Å². The Labute approximate surface area is 126 Å². The van der Waals surface area contributed by atoms with Crippen LogP contribution in [0.4, 0.5) is 10.1 Å². The average Bonchev–Trinajstić information content (AvgIpc) is 3.27. The Morgan fingerprint density at radius 2 is 1.95 bits per heavy atom.